The number of unbranched alkanes of at least 4 members (excludes halogenated alkanes) is 6. The van der Waals surface area contributed by atoms with Crippen molar-refractivity contribution in [1.82, 2.24) is 0 Å². The first-order valence-corrected chi connectivity index (χ1v) is 7.26. The molecule has 0 saturated heterocycles. The molecular weight excluding hydrogens is 296 g/mol. The van der Waals surface area contributed by atoms with E-state index in [1.165, 1.54) is 44.9 Å². The molecule has 0 spiro atoms. The predicted octanol–water partition coefficient (Wildman–Crippen LogP) is 4.75. The zero-order valence-corrected chi connectivity index (χ0v) is 15.1. The summed E-state index contributed by atoms with van der Waals surface area (Å²) < 4.78 is 0. The van der Waals surface area contributed by atoms with E-state index in [0.717, 1.165) is 12.0 Å². The fourth-order valence-electron chi connectivity index (χ4n) is 1.99. The average Bonchev–Trinajstić information content (AvgIpc) is 2.39. The topological polar surface area (TPSA) is 77.8 Å². The molecule has 0 fully saturated rings. The minimum absolute atomic E-state index is 0. The second-order valence-electron chi connectivity index (χ2n) is 4.78. The molecule has 3 N–H and O–H groups in total. The van der Waals surface area contributed by atoms with Gasteiger partial charge >= 0.3 is 43.9 Å². The average molecular weight is 324 g/mol. The van der Waals surface area contributed by atoms with Gasteiger partial charge < -0.3 is 18.2 Å². The van der Waals surface area contributed by atoms with Crippen molar-refractivity contribution in [3.63, 3.8) is 0 Å². The van der Waals surface area contributed by atoms with Gasteiger partial charge in [0.25, 0.3) is 0 Å². The smallest absolute Gasteiger partial charge is 1.00 e. The van der Waals surface area contributed by atoms with Gasteiger partial charge in [-0.3, -0.25) is 0 Å². The van der Waals surface area contributed by atoms with Crippen LogP contribution in [-0.2, 0) is 6.42 Å². The molecule has 0 radical (unpaired) electrons. The van der Waals surface area contributed by atoms with Crippen LogP contribution in [0, 0.1) is 0 Å². The predicted molar refractivity (Wildman–Crippen MR) is 88.4 cm³/mol. The van der Waals surface area contributed by atoms with Gasteiger partial charge in [0.15, 0.2) is 0 Å². The molecule has 1 aromatic rings. The van der Waals surface area contributed by atoms with E-state index < -0.39 is 6.16 Å². The van der Waals surface area contributed by atoms with Gasteiger partial charge in [0.2, 0.25) is 0 Å². The van der Waals surface area contributed by atoms with Gasteiger partial charge in [-0.15, -0.1) is 0 Å². The Bertz CT molecular complexity index is 375. The minimum Gasteiger partial charge on any atom is -1.00 e. The van der Waals surface area contributed by atoms with E-state index in [0.29, 0.717) is 5.75 Å². The molecular formula is C16H28CaO4. The van der Waals surface area contributed by atoms with E-state index in [9.17, 15) is 5.11 Å². The number of carboxylic acid groups (broad SMARTS) is 2. The number of hydrogen-bond donors (Lipinski definition) is 3. The number of rotatable bonds is 8. The molecule has 1 rings (SSSR count). The second kappa shape index (κ2) is 15.9. The van der Waals surface area contributed by atoms with Gasteiger partial charge in [-0.1, -0.05) is 63.6 Å². The number of hydrogen-bond acceptors (Lipinski definition) is 2. The van der Waals surface area contributed by atoms with Crippen LogP contribution in [0.2, 0.25) is 0 Å². The first kappa shape index (κ1) is 22.8. The summed E-state index contributed by atoms with van der Waals surface area (Å²) in [5.41, 5.74) is 1.09. The molecule has 0 aliphatic heterocycles. The molecule has 1 aromatic carbocycles. The Labute approximate surface area is 160 Å². The molecule has 0 atom stereocenters. The van der Waals surface area contributed by atoms with E-state index in [-0.39, 0.29) is 40.6 Å². The van der Waals surface area contributed by atoms with Crippen LogP contribution in [0.15, 0.2) is 24.3 Å². The summed E-state index contributed by atoms with van der Waals surface area (Å²) in [6.45, 7) is 2.25. The van der Waals surface area contributed by atoms with E-state index in [2.05, 4.69) is 6.92 Å². The molecule has 0 heterocycles. The summed E-state index contributed by atoms with van der Waals surface area (Å²) in [5, 5.41) is 23.5. The minimum atomic E-state index is -1.83. The van der Waals surface area contributed by atoms with Crippen LogP contribution >= 0.6 is 0 Å². The van der Waals surface area contributed by atoms with Crippen molar-refractivity contribution in [3.05, 3.63) is 29.8 Å². The standard InChI is InChI=1S/C15H24O.CH2O3.Ca.2H/c1-2-3-4-5-6-7-8-11-14-12-9-10-13-15(14)16;2-1(3)4;;;/h9-10,12-13,16H,2-8,11H2,1H3;(H2,2,3,4);;;/q;;+2;2*-1. The van der Waals surface area contributed by atoms with Crippen LogP contribution in [-0.4, -0.2) is 59.2 Å². The molecule has 4 nitrogen and oxygen atoms in total. The van der Waals surface area contributed by atoms with Crippen LogP contribution in [0.3, 0.4) is 0 Å². The van der Waals surface area contributed by atoms with Gasteiger partial charge in [0, 0.05) is 0 Å². The Balaban J connectivity index is -0.000000232. The number of carbonyl (C=O) groups is 1. The van der Waals surface area contributed by atoms with Crippen molar-refractivity contribution in [2.75, 3.05) is 0 Å². The first-order chi connectivity index (χ1) is 9.57. The maximum atomic E-state index is 9.58. The Kier molecular flexibility index (Phi) is 17.3. The normalized spacial score (nSPS) is 9.19. The fraction of sp³-hybridized carbons (Fsp3) is 0.562. The van der Waals surface area contributed by atoms with Gasteiger partial charge in [-0.2, -0.15) is 0 Å². The molecule has 0 unspecified atom stereocenters. The number of aryl methyl sites for hydroxylation is 1. The summed E-state index contributed by atoms with van der Waals surface area (Å²) in [6.07, 6.45) is 8.45. The van der Waals surface area contributed by atoms with E-state index >= 15 is 0 Å². The van der Waals surface area contributed by atoms with E-state index in [1.807, 2.05) is 18.2 Å². The molecule has 0 aliphatic rings. The van der Waals surface area contributed by atoms with Crippen molar-refractivity contribution in [2.24, 2.45) is 0 Å². The largest absolute Gasteiger partial charge is 2.00 e. The number of para-hydroxylation sites is 1. The van der Waals surface area contributed by atoms with Crippen molar-refractivity contribution in [2.45, 2.75) is 58.3 Å². The SMILES string of the molecule is CCCCCCCCCc1ccccc1O.O=C(O)O.[Ca+2].[H-].[H-]. The number of phenols is 1. The van der Waals surface area contributed by atoms with Crippen LogP contribution < -0.4 is 0 Å². The monoisotopic (exact) mass is 324 g/mol. The first-order valence-electron chi connectivity index (χ1n) is 7.26. The van der Waals surface area contributed by atoms with Crippen LogP contribution in [0.4, 0.5) is 4.79 Å². The summed E-state index contributed by atoms with van der Waals surface area (Å²) >= 11 is 0. The Morgan fingerprint density at radius 3 is 2.00 bits per heavy atom. The number of aromatic hydroxyl groups is 1. The summed E-state index contributed by atoms with van der Waals surface area (Å²) in [5.74, 6) is 0.452. The van der Waals surface area contributed by atoms with E-state index in [1.54, 1.807) is 6.07 Å². The van der Waals surface area contributed by atoms with Crippen LogP contribution in [0.25, 0.3) is 0 Å². The maximum absolute atomic E-state index is 9.58. The number of benzene rings is 1. The fourth-order valence-corrected chi connectivity index (χ4v) is 1.99. The quantitative estimate of drug-likeness (QED) is 0.476. The van der Waals surface area contributed by atoms with Crippen LogP contribution in [0.1, 0.15) is 60.3 Å². The van der Waals surface area contributed by atoms with Gasteiger partial charge in [-0.05, 0) is 24.5 Å². The Morgan fingerprint density at radius 2 is 1.48 bits per heavy atom. The van der Waals surface area contributed by atoms with Crippen molar-refractivity contribution in [3.8, 4) is 5.75 Å². The summed E-state index contributed by atoms with van der Waals surface area (Å²) in [7, 11) is 0. The zero-order chi connectivity index (χ0) is 15.2. The molecule has 5 heteroatoms. The third kappa shape index (κ3) is 15.8. The van der Waals surface area contributed by atoms with Crippen molar-refractivity contribution in [1.29, 1.82) is 0 Å². The molecule has 0 aliphatic carbocycles. The molecule has 118 valence electrons. The van der Waals surface area contributed by atoms with Crippen molar-refractivity contribution < 1.29 is 23.0 Å². The molecule has 21 heavy (non-hydrogen) atoms. The molecule has 0 aromatic heterocycles. The third-order valence-electron chi connectivity index (χ3n) is 3.04. The molecule has 0 bridgehead atoms. The van der Waals surface area contributed by atoms with E-state index in [4.69, 9.17) is 15.0 Å². The maximum Gasteiger partial charge on any atom is 2.00 e. The molecule has 0 saturated carbocycles. The number of phenolic OH excluding ortho intramolecular Hbond substituents is 1. The van der Waals surface area contributed by atoms with Gasteiger partial charge in [0.1, 0.15) is 5.75 Å². The third-order valence-corrected chi connectivity index (χ3v) is 3.04. The molecule has 0 amide bonds. The Morgan fingerprint density at radius 1 is 1.00 bits per heavy atom. The Hall–Kier alpha value is -0.450. The van der Waals surface area contributed by atoms with Crippen LogP contribution in [0.5, 0.6) is 5.75 Å². The van der Waals surface area contributed by atoms with Gasteiger partial charge in [-0.25, -0.2) is 4.79 Å². The second-order valence-corrected chi connectivity index (χ2v) is 4.78. The zero-order valence-electron chi connectivity index (χ0n) is 14.9. The summed E-state index contributed by atoms with van der Waals surface area (Å²) in [4.78, 5) is 8.56. The van der Waals surface area contributed by atoms with Crippen molar-refractivity contribution >= 4 is 43.9 Å². The van der Waals surface area contributed by atoms with Gasteiger partial charge in [0.05, 0.1) is 0 Å². The summed E-state index contributed by atoms with van der Waals surface area (Å²) in [6, 6.07) is 7.67.